The van der Waals surface area contributed by atoms with Crippen molar-refractivity contribution in [3.63, 3.8) is 0 Å². The van der Waals surface area contributed by atoms with E-state index in [4.69, 9.17) is 16.3 Å². The van der Waals surface area contributed by atoms with Crippen molar-refractivity contribution in [3.8, 4) is 5.75 Å². The second-order valence-corrected chi connectivity index (χ2v) is 10.3. The van der Waals surface area contributed by atoms with Crippen molar-refractivity contribution in [2.45, 2.75) is 58.3 Å². The fourth-order valence-electron chi connectivity index (χ4n) is 5.85. The van der Waals surface area contributed by atoms with E-state index in [2.05, 4.69) is 17.1 Å². The fraction of sp³-hybridized carbons (Fsp3) is 0.367. The summed E-state index contributed by atoms with van der Waals surface area (Å²) in [5, 5.41) is 3.34. The van der Waals surface area contributed by atoms with E-state index in [0.717, 1.165) is 42.6 Å². The SMILES string of the molecule is CCN1C2=C(C(=O)CCC2)C(c2cc(Cl)ccc2OCC(=O)Nc2cccc(C)c2)C2=C1CCCC2=O. The Labute approximate surface area is 222 Å². The van der Waals surface area contributed by atoms with Crippen LogP contribution in [0.1, 0.15) is 62.5 Å². The molecular weight excluding hydrogens is 488 g/mol. The molecule has 1 aliphatic heterocycles. The lowest BCUT2D eigenvalue weighted by atomic mass is 9.70. The van der Waals surface area contributed by atoms with Crippen LogP contribution in [0.4, 0.5) is 5.69 Å². The Balaban J connectivity index is 1.53. The zero-order valence-electron chi connectivity index (χ0n) is 21.2. The van der Waals surface area contributed by atoms with Crippen LogP contribution >= 0.6 is 11.6 Å². The number of anilines is 1. The number of aryl methyl sites for hydroxylation is 1. The number of hydrogen-bond donors (Lipinski definition) is 1. The predicted molar refractivity (Wildman–Crippen MR) is 144 cm³/mol. The molecule has 0 unspecified atom stereocenters. The molecule has 3 aliphatic rings. The quantitative estimate of drug-likeness (QED) is 0.500. The topological polar surface area (TPSA) is 75.7 Å². The van der Waals surface area contributed by atoms with Gasteiger partial charge in [0.05, 0.1) is 0 Å². The lowest BCUT2D eigenvalue weighted by molar-refractivity contribution is -0.119. The Morgan fingerprint density at radius 2 is 1.68 bits per heavy atom. The lowest BCUT2D eigenvalue weighted by Gasteiger charge is -2.43. The standard InChI is InChI=1S/C30H31ClN2O4/c1-3-33-22-9-5-11-24(34)29(22)28(30-23(33)10-6-12-25(30)35)21-16-19(31)13-14-26(21)37-17-27(36)32-20-8-4-7-18(2)15-20/h4,7-8,13-16,28H,3,5-6,9-12,17H2,1-2H3,(H,32,36). The molecule has 2 aliphatic carbocycles. The smallest absolute Gasteiger partial charge is 0.262 e. The number of carbonyl (C=O) groups is 3. The van der Waals surface area contributed by atoms with E-state index in [0.29, 0.717) is 52.6 Å². The molecule has 6 nitrogen and oxygen atoms in total. The number of benzene rings is 2. The molecule has 5 rings (SSSR count). The molecule has 7 heteroatoms. The molecule has 0 spiro atoms. The summed E-state index contributed by atoms with van der Waals surface area (Å²) < 4.78 is 6.04. The third-order valence-corrected chi connectivity index (χ3v) is 7.58. The molecule has 0 radical (unpaired) electrons. The van der Waals surface area contributed by atoms with Crippen molar-refractivity contribution in [2.24, 2.45) is 0 Å². The van der Waals surface area contributed by atoms with Gasteiger partial charge in [0, 0.05) is 64.1 Å². The van der Waals surface area contributed by atoms with E-state index in [1.165, 1.54) is 0 Å². The first-order valence-electron chi connectivity index (χ1n) is 13.0. The van der Waals surface area contributed by atoms with E-state index >= 15 is 0 Å². The highest BCUT2D eigenvalue weighted by Gasteiger charge is 2.43. The van der Waals surface area contributed by atoms with Gasteiger partial charge in [-0.05, 0) is 75.4 Å². The first-order chi connectivity index (χ1) is 17.9. The van der Waals surface area contributed by atoms with Crippen LogP contribution in [0.25, 0.3) is 0 Å². The Bertz CT molecular complexity index is 1300. The Morgan fingerprint density at radius 3 is 2.30 bits per heavy atom. The summed E-state index contributed by atoms with van der Waals surface area (Å²) in [6.45, 7) is 4.52. The van der Waals surface area contributed by atoms with Gasteiger partial charge in [-0.25, -0.2) is 0 Å². The predicted octanol–water partition coefficient (Wildman–Crippen LogP) is 6.10. The van der Waals surface area contributed by atoms with Gasteiger partial charge >= 0.3 is 0 Å². The number of ether oxygens (including phenoxy) is 1. The minimum absolute atomic E-state index is 0.0674. The van der Waals surface area contributed by atoms with Crippen molar-refractivity contribution in [2.75, 3.05) is 18.5 Å². The van der Waals surface area contributed by atoms with Gasteiger partial charge < -0.3 is 15.0 Å². The van der Waals surface area contributed by atoms with Gasteiger partial charge in [-0.1, -0.05) is 23.7 Å². The monoisotopic (exact) mass is 518 g/mol. The summed E-state index contributed by atoms with van der Waals surface area (Å²) in [6.07, 6.45) is 4.11. The van der Waals surface area contributed by atoms with Crippen LogP contribution in [0.5, 0.6) is 5.75 Å². The molecule has 0 bridgehead atoms. The largest absolute Gasteiger partial charge is 0.483 e. The molecule has 2 aromatic carbocycles. The number of carbonyl (C=O) groups excluding carboxylic acids is 3. The second-order valence-electron chi connectivity index (χ2n) is 9.84. The number of halogens is 1. The molecule has 1 heterocycles. The number of rotatable bonds is 6. The number of allylic oxidation sites excluding steroid dienone is 4. The number of hydrogen-bond acceptors (Lipinski definition) is 5. The van der Waals surface area contributed by atoms with Crippen molar-refractivity contribution >= 4 is 34.8 Å². The zero-order valence-corrected chi connectivity index (χ0v) is 22.0. The molecule has 2 aromatic rings. The third kappa shape index (κ3) is 4.95. The van der Waals surface area contributed by atoms with Gasteiger partial charge in [0.15, 0.2) is 18.2 Å². The normalized spacial score (nSPS) is 18.1. The number of ketones is 2. The first-order valence-corrected chi connectivity index (χ1v) is 13.3. The highest BCUT2D eigenvalue weighted by Crippen LogP contribution is 2.51. The molecule has 192 valence electrons. The number of nitrogens with one attached hydrogen (secondary N) is 1. The highest BCUT2D eigenvalue weighted by atomic mass is 35.5. The van der Waals surface area contributed by atoms with E-state index in [1.807, 2.05) is 31.2 Å². The van der Waals surface area contributed by atoms with Crippen LogP contribution < -0.4 is 10.1 Å². The summed E-state index contributed by atoms with van der Waals surface area (Å²) in [5.74, 6) is -0.249. The summed E-state index contributed by atoms with van der Waals surface area (Å²) in [5.41, 5.74) is 5.79. The Hall–Kier alpha value is -3.38. The fourth-order valence-corrected chi connectivity index (χ4v) is 6.03. The summed E-state index contributed by atoms with van der Waals surface area (Å²) in [7, 11) is 0. The van der Waals surface area contributed by atoms with Gasteiger partial charge in [0.25, 0.3) is 5.91 Å². The average molecular weight is 519 g/mol. The molecule has 1 amide bonds. The summed E-state index contributed by atoms with van der Waals surface area (Å²) >= 11 is 6.45. The molecule has 0 aromatic heterocycles. The zero-order chi connectivity index (χ0) is 26.1. The Morgan fingerprint density at radius 1 is 1.00 bits per heavy atom. The Kier molecular flexibility index (Phi) is 7.20. The van der Waals surface area contributed by atoms with Crippen LogP contribution in [0.3, 0.4) is 0 Å². The maximum atomic E-state index is 13.4. The van der Waals surface area contributed by atoms with Crippen molar-refractivity contribution < 1.29 is 19.1 Å². The minimum Gasteiger partial charge on any atom is -0.483 e. The van der Waals surface area contributed by atoms with E-state index in [-0.39, 0.29) is 24.1 Å². The molecule has 0 saturated heterocycles. The lowest BCUT2D eigenvalue weighted by Crippen LogP contribution is -2.39. The highest BCUT2D eigenvalue weighted by molar-refractivity contribution is 6.30. The van der Waals surface area contributed by atoms with Gasteiger partial charge in [0.1, 0.15) is 5.75 Å². The van der Waals surface area contributed by atoms with Gasteiger partial charge in [-0.15, -0.1) is 0 Å². The number of amides is 1. The van der Waals surface area contributed by atoms with Crippen LogP contribution in [-0.4, -0.2) is 35.5 Å². The molecule has 0 saturated carbocycles. The van der Waals surface area contributed by atoms with Crippen molar-refractivity contribution in [3.05, 3.63) is 81.2 Å². The van der Waals surface area contributed by atoms with Crippen LogP contribution in [-0.2, 0) is 14.4 Å². The minimum atomic E-state index is -0.540. The summed E-state index contributed by atoms with van der Waals surface area (Å²) in [4.78, 5) is 41.7. The maximum absolute atomic E-state index is 13.4. The van der Waals surface area contributed by atoms with Crippen molar-refractivity contribution in [1.82, 2.24) is 4.90 Å². The van der Waals surface area contributed by atoms with Crippen LogP contribution in [0.15, 0.2) is 65.0 Å². The molecule has 1 N–H and O–H groups in total. The van der Waals surface area contributed by atoms with Gasteiger partial charge in [-0.3, -0.25) is 14.4 Å². The van der Waals surface area contributed by atoms with Crippen LogP contribution in [0, 0.1) is 6.92 Å². The van der Waals surface area contributed by atoms with Gasteiger partial charge in [-0.2, -0.15) is 0 Å². The second kappa shape index (κ2) is 10.5. The molecule has 0 atom stereocenters. The average Bonchev–Trinajstić information content (AvgIpc) is 2.87. The van der Waals surface area contributed by atoms with E-state index in [1.54, 1.807) is 18.2 Å². The van der Waals surface area contributed by atoms with Crippen molar-refractivity contribution in [1.29, 1.82) is 0 Å². The van der Waals surface area contributed by atoms with E-state index < -0.39 is 5.92 Å². The molecular formula is C30H31ClN2O4. The summed E-state index contributed by atoms with van der Waals surface area (Å²) in [6, 6.07) is 12.8. The number of Topliss-reactive ketones (excluding diaryl/α,β-unsaturated/α-hetero) is 2. The first kappa shape index (κ1) is 25.3. The number of nitrogens with zero attached hydrogens (tertiary/aromatic N) is 1. The maximum Gasteiger partial charge on any atom is 0.262 e. The molecule has 37 heavy (non-hydrogen) atoms. The van der Waals surface area contributed by atoms with E-state index in [9.17, 15) is 14.4 Å². The third-order valence-electron chi connectivity index (χ3n) is 7.35. The van der Waals surface area contributed by atoms with Crippen LogP contribution in [0.2, 0.25) is 5.02 Å². The molecule has 0 fully saturated rings. The van der Waals surface area contributed by atoms with Gasteiger partial charge in [0.2, 0.25) is 0 Å².